The third-order valence-corrected chi connectivity index (χ3v) is 5.15. The Morgan fingerprint density at radius 1 is 1.10 bits per heavy atom. The second kappa shape index (κ2) is 8.78. The van der Waals surface area contributed by atoms with E-state index < -0.39 is 5.92 Å². The molecule has 1 fully saturated rings. The SMILES string of the molecule is Cc1ccccc1N1C[C@@H](C(=O)Nc2ccccc2OCc2ccccn2)CC1=O. The third kappa shape index (κ3) is 4.33. The first-order chi connectivity index (χ1) is 14.6. The molecule has 1 saturated heterocycles. The summed E-state index contributed by atoms with van der Waals surface area (Å²) in [6, 6.07) is 20.6. The number of ether oxygens (including phenoxy) is 1. The smallest absolute Gasteiger partial charge is 0.229 e. The highest BCUT2D eigenvalue weighted by atomic mass is 16.5. The molecule has 30 heavy (non-hydrogen) atoms. The molecule has 6 heteroatoms. The van der Waals surface area contributed by atoms with Crippen LogP contribution in [0, 0.1) is 12.8 Å². The molecule has 0 saturated carbocycles. The van der Waals surface area contributed by atoms with Crippen molar-refractivity contribution >= 4 is 23.2 Å². The van der Waals surface area contributed by atoms with Crippen molar-refractivity contribution in [3.8, 4) is 5.75 Å². The lowest BCUT2D eigenvalue weighted by molar-refractivity contribution is -0.122. The summed E-state index contributed by atoms with van der Waals surface area (Å²) in [4.78, 5) is 31.4. The van der Waals surface area contributed by atoms with E-state index in [9.17, 15) is 9.59 Å². The molecule has 1 N–H and O–H groups in total. The van der Waals surface area contributed by atoms with Crippen molar-refractivity contribution in [1.29, 1.82) is 0 Å². The average molecular weight is 401 g/mol. The van der Waals surface area contributed by atoms with Crippen LogP contribution < -0.4 is 15.0 Å². The lowest BCUT2D eigenvalue weighted by Gasteiger charge is -2.19. The monoisotopic (exact) mass is 401 g/mol. The Hall–Kier alpha value is -3.67. The summed E-state index contributed by atoms with van der Waals surface area (Å²) in [5.74, 6) is -0.0741. The number of hydrogen-bond donors (Lipinski definition) is 1. The number of nitrogens with zero attached hydrogens (tertiary/aromatic N) is 2. The molecule has 0 radical (unpaired) electrons. The Kier molecular flexibility index (Phi) is 5.75. The fraction of sp³-hybridized carbons (Fsp3) is 0.208. The van der Waals surface area contributed by atoms with Gasteiger partial charge in [0.2, 0.25) is 11.8 Å². The maximum atomic E-state index is 12.9. The molecule has 3 aromatic rings. The summed E-state index contributed by atoms with van der Waals surface area (Å²) < 4.78 is 5.86. The molecule has 0 aliphatic carbocycles. The standard InChI is InChI=1S/C24H23N3O3/c1-17-8-2-4-11-21(17)27-15-18(14-23(27)28)24(29)26-20-10-3-5-12-22(20)30-16-19-9-6-7-13-25-19/h2-13,18H,14-16H2,1H3,(H,26,29)/t18-/m0/s1. The summed E-state index contributed by atoms with van der Waals surface area (Å²) in [6.45, 7) is 2.63. The van der Waals surface area contributed by atoms with Crippen molar-refractivity contribution in [3.63, 3.8) is 0 Å². The zero-order chi connectivity index (χ0) is 20.9. The van der Waals surface area contributed by atoms with Crippen LogP contribution in [0.3, 0.4) is 0 Å². The van der Waals surface area contributed by atoms with Crippen LogP contribution in [0.25, 0.3) is 0 Å². The van der Waals surface area contributed by atoms with Crippen LogP contribution in [0.5, 0.6) is 5.75 Å². The predicted octanol–water partition coefficient (Wildman–Crippen LogP) is 3.96. The molecule has 1 aliphatic heterocycles. The quantitative estimate of drug-likeness (QED) is 0.679. The van der Waals surface area contributed by atoms with Gasteiger partial charge in [0, 0.05) is 24.8 Å². The van der Waals surface area contributed by atoms with Gasteiger partial charge in [0.1, 0.15) is 12.4 Å². The molecule has 6 nitrogen and oxygen atoms in total. The Morgan fingerprint density at radius 3 is 2.67 bits per heavy atom. The summed E-state index contributed by atoms with van der Waals surface area (Å²) >= 11 is 0. The van der Waals surface area contributed by atoms with Gasteiger partial charge >= 0.3 is 0 Å². The highest BCUT2D eigenvalue weighted by Crippen LogP contribution is 2.30. The van der Waals surface area contributed by atoms with Gasteiger partial charge in [0.15, 0.2) is 0 Å². The van der Waals surface area contributed by atoms with E-state index in [0.29, 0.717) is 24.6 Å². The summed E-state index contributed by atoms with van der Waals surface area (Å²) in [5.41, 5.74) is 3.26. The first-order valence-electron chi connectivity index (χ1n) is 9.90. The minimum atomic E-state index is -0.416. The summed E-state index contributed by atoms with van der Waals surface area (Å²) in [7, 11) is 0. The average Bonchev–Trinajstić information content (AvgIpc) is 3.16. The van der Waals surface area contributed by atoms with Crippen LogP contribution in [0.4, 0.5) is 11.4 Å². The first kappa shape index (κ1) is 19.6. The fourth-order valence-electron chi connectivity index (χ4n) is 3.55. The zero-order valence-electron chi connectivity index (χ0n) is 16.7. The van der Waals surface area contributed by atoms with Crippen LogP contribution >= 0.6 is 0 Å². The fourth-order valence-corrected chi connectivity index (χ4v) is 3.55. The Balaban J connectivity index is 1.43. The van der Waals surface area contributed by atoms with E-state index >= 15 is 0 Å². The number of aryl methyl sites for hydroxylation is 1. The van der Waals surface area contributed by atoms with E-state index in [0.717, 1.165) is 16.9 Å². The molecule has 1 aliphatic rings. The Labute approximate surface area is 175 Å². The number of carbonyl (C=O) groups excluding carboxylic acids is 2. The highest BCUT2D eigenvalue weighted by molar-refractivity contribution is 6.04. The second-order valence-corrected chi connectivity index (χ2v) is 7.29. The van der Waals surface area contributed by atoms with Gasteiger partial charge in [-0.15, -0.1) is 0 Å². The molecule has 1 atom stereocenters. The Morgan fingerprint density at radius 2 is 1.87 bits per heavy atom. The predicted molar refractivity (Wildman–Crippen MR) is 115 cm³/mol. The molecule has 2 aromatic carbocycles. The van der Waals surface area contributed by atoms with E-state index in [1.807, 2.05) is 61.5 Å². The van der Waals surface area contributed by atoms with Crippen LogP contribution in [0.1, 0.15) is 17.7 Å². The lowest BCUT2D eigenvalue weighted by atomic mass is 10.1. The number of hydrogen-bond acceptors (Lipinski definition) is 4. The second-order valence-electron chi connectivity index (χ2n) is 7.29. The van der Waals surface area contributed by atoms with Crippen LogP contribution in [-0.4, -0.2) is 23.3 Å². The van der Waals surface area contributed by atoms with Gasteiger partial charge < -0.3 is 15.0 Å². The van der Waals surface area contributed by atoms with Crippen LogP contribution in [-0.2, 0) is 16.2 Å². The summed E-state index contributed by atoms with van der Waals surface area (Å²) in [6.07, 6.45) is 1.90. The van der Waals surface area contributed by atoms with Crippen LogP contribution in [0.15, 0.2) is 72.9 Å². The molecule has 1 aromatic heterocycles. The number of carbonyl (C=O) groups is 2. The largest absolute Gasteiger partial charge is 0.485 e. The number of para-hydroxylation sites is 3. The number of pyridine rings is 1. The summed E-state index contributed by atoms with van der Waals surface area (Å²) in [5, 5.41) is 2.93. The topological polar surface area (TPSA) is 71.5 Å². The van der Waals surface area contributed by atoms with Gasteiger partial charge in [-0.05, 0) is 42.8 Å². The van der Waals surface area contributed by atoms with E-state index in [2.05, 4.69) is 10.3 Å². The number of amides is 2. The maximum absolute atomic E-state index is 12.9. The molecular formula is C24H23N3O3. The number of benzene rings is 2. The highest BCUT2D eigenvalue weighted by Gasteiger charge is 2.35. The van der Waals surface area contributed by atoms with E-state index in [-0.39, 0.29) is 18.2 Å². The van der Waals surface area contributed by atoms with Crippen molar-refractivity contribution in [3.05, 3.63) is 84.2 Å². The normalized spacial score (nSPS) is 15.8. The number of rotatable bonds is 6. The van der Waals surface area contributed by atoms with E-state index in [1.165, 1.54) is 0 Å². The lowest BCUT2D eigenvalue weighted by Crippen LogP contribution is -2.28. The van der Waals surface area contributed by atoms with Crippen molar-refractivity contribution in [2.75, 3.05) is 16.8 Å². The minimum Gasteiger partial charge on any atom is -0.485 e. The number of nitrogens with one attached hydrogen (secondary N) is 1. The Bertz CT molecular complexity index is 1050. The van der Waals surface area contributed by atoms with Gasteiger partial charge in [-0.2, -0.15) is 0 Å². The number of aromatic nitrogens is 1. The molecule has 0 bridgehead atoms. The molecule has 0 unspecified atom stereocenters. The molecule has 0 spiro atoms. The first-order valence-corrected chi connectivity index (χ1v) is 9.90. The minimum absolute atomic E-state index is 0.0378. The van der Waals surface area contributed by atoms with Gasteiger partial charge in [-0.3, -0.25) is 14.6 Å². The van der Waals surface area contributed by atoms with E-state index in [4.69, 9.17) is 4.74 Å². The molecule has 2 amide bonds. The van der Waals surface area contributed by atoms with Gasteiger partial charge in [0.05, 0.1) is 17.3 Å². The van der Waals surface area contributed by atoms with E-state index in [1.54, 1.807) is 23.2 Å². The zero-order valence-corrected chi connectivity index (χ0v) is 16.7. The van der Waals surface area contributed by atoms with Gasteiger partial charge in [0.25, 0.3) is 0 Å². The van der Waals surface area contributed by atoms with Crippen molar-refractivity contribution in [2.24, 2.45) is 5.92 Å². The van der Waals surface area contributed by atoms with Crippen molar-refractivity contribution in [1.82, 2.24) is 4.98 Å². The van der Waals surface area contributed by atoms with Gasteiger partial charge in [-0.25, -0.2) is 0 Å². The van der Waals surface area contributed by atoms with Crippen LogP contribution in [0.2, 0.25) is 0 Å². The maximum Gasteiger partial charge on any atom is 0.229 e. The molecule has 4 rings (SSSR count). The third-order valence-electron chi connectivity index (χ3n) is 5.15. The molecular weight excluding hydrogens is 378 g/mol. The molecule has 2 heterocycles. The van der Waals surface area contributed by atoms with Crippen molar-refractivity contribution in [2.45, 2.75) is 20.0 Å². The van der Waals surface area contributed by atoms with Gasteiger partial charge in [-0.1, -0.05) is 36.4 Å². The molecule has 152 valence electrons. The van der Waals surface area contributed by atoms with Crippen molar-refractivity contribution < 1.29 is 14.3 Å². The number of anilines is 2.